The van der Waals surface area contributed by atoms with Gasteiger partial charge in [0.1, 0.15) is 0 Å². The highest BCUT2D eigenvalue weighted by Crippen LogP contribution is 2.33. The van der Waals surface area contributed by atoms with E-state index in [0.29, 0.717) is 6.04 Å². The van der Waals surface area contributed by atoms with Crippen LogP contribution in [0, 0.1) is 5.92 Å². The second-order valence-electron chi connectivity index (χ2n) is 5.91. The Kier molecular flexibility index (Phi) is 5.45. The zero-order valence-electron chi connectivity index (χ0n) is 12.6. The van der Waals surface area contributed by atoms with E-state index in [0.717, 1.165) is 21.6 Å². The summed E-state index contributed by atoms with van der Waals surface area (Å²) in [5.41, 5.74) is 2.03. The molecular weight excluding hydrogens is 330 g/mol. The van der Waals surface area contributed by atoms with Gasteiger partial charge in [0.05, 0.1) is 0 Å². The van der Waals surface area contributed by atoms with Crippen molar-refractivity contribution in [3.63, 3.8) is 0 Å². The standard InChI is InChI=1S/C17H22BrNO2/c1-12-4-3-5-15(10-12)19(2)16-11-14(18)8-6-13(16)7-9-17(20)21/h6-9,11-12,15H,3-5,10H2,1-2H3,(H,20,21). The molecule has 0 amide bonds. The number of rotatable bonds is 4. The van der Waals surface area contributed by atoms with E-state index in [1.165, 1.54) is 31.8 Å². The molecule has 0 bridgehead atoms. The van der Waals surface area contributed by atoms with Gasteiger partial charge in [0, 0.05) is 29.3 Å². The van der Waals surface area contributed by atoms with Crippen molar-refractivity contribution in [1.82, 2.24) is 0 Å². The number of carbonyl (C=O) groups is 1. The number of nitrogens with zero attached hydrogens (tertiary/aromatic N) is 1. The summed E-state index contributed by atoms with van der Waals surface area (Å²) in [5, 5.41) is 8.83. The molecule has 0 radical (unpaired) electrons. The summed E-state index contributed by atoms with van der Waals surface area (Å²) in [5.74, 6) is -0.158. The molecule has 114 valence electrons. The highest BCUT2D eigenvalue weighted by atomic mass is 79.9. The van der Waals surface area contributed by atoms with Crippen LogP contribution in [-0.2, 0) is 4.79 Å². The number of carboxylic acids is 1. The highest BCUT2D eigenvalue weighted by molar-refractivity contribution is 9.10. The predicted molar refractivity (Wildman–Crippen MR) is 90.6 cm³/mol. The molecule has 0 saturated heterocycles. The lowest BCUT2D eigenvalue weighted by atomic mass is 9.86. The molecule has 2 rings (SSSR count). The minimum absolute atomic E-state index is 0.528. The van der Waals surface area contributed by atoms with E-state index < -0.39 is 5.97 Å². The molecule has 2 atom stereocenters. The van der Waals surface area contributed by atoms with Gasteiger partial charge >= 0.3 is 5.97 Å². The zero-order chi connectivity index (χ0) is 15.4. The first-order chi connectivity index (χ1) is 9.97. The molecule has 1 aliphatic carbocycles. The van der Waals surface area contributed by atoms with Crippen LogP contribution < -0.4 is 4.90 Å². The van der Waals surface area contributed by atoms with Gasteiger partial charge < -0.3 is 10.0 Å². The summed E-state index contributed by atoms with van der Waals surface area (Å²) in [7, 11) is 2.11. The number of benzene rings is 1. The van der Waals surface area contributed by atoms with E-state index in [9.17, 15) is 4.79 Å². The van der Waals surface area contributed by atoms with Crippen LogP contribution in [-0.4, -0.2) is 24.2 Å². The first kappa shape index (κ1) is 16.1. The maximum Gasteiger partial charge on any atom is 0.328 e. The minimum Gasteiger partial charge on any atom is -0.478 e. The maximum absolute atomic E-state index is 10.8. The van der Waals surface area contributed by atoms with Crippen LogP contribution >= 0.6 is 15.9 Å². The van der Waals surface area contributed by atoms with Gasteiger partial charge in [-0.2, -0.15) is 0 Å². The number of carboxylic acid groups (broad SMARTS) is 1. The van der Waals surface area contributed by atoms with Gasteiger partial charge in [0.25, 0.3) is 0 Å². The molecule has 0 aliphatic heterocycles. The molecule has 1 saturated carbocycles. The van der Waals surface area contributed by atoms with Crippen molar-refractivity contribution < 1.29 is 9.90 Å². The lowest BCUT2D eigenvalue weighted by Gasteiger charge is -2.36. The molecule has 1 N–H and O–H groups in total. The van der Waals surface area contributed by atoms with E-state index in [1.54, 1.807) is 6.08 Å². The summed E-state index contributed by atoms with van der Waals surface area (Å²) in [6.45, 7) is 2.31. The fourth-order valence-electron chi connectivity index (χ4n) is 3.07. The van der Waals surface area contributed by atoms with Gasteiger partial charge in [0.15, 0.2) is 0 Å². The van der Waals surface area contributed by atoms with Gasteiger partial charge in [-0.3, -0.25) is 0 Å². The average molecular weight is 352 g/mol. The topological polar surface area (TPSA) is 40.5 Å². The van der Waals surface area contributed by atoms with Crippen molar-refractivity contribution in [3.8, 4) is 0 Å². The van der Waals surface area contributed by atoms with Gasteiger partial charge in [-0.15, -0.1) is 0 Å². The van der Waals surface area contributed by atoms with E-state index in [-0.39, 0.29) is 0 Å². The van der Waals surface area contributed by atoms with Crippen molar-refractivity contribution in [2.24, 2.45) is 5.92 Å². The molecule has 0 heterocycles. The van der Waals surface area contributed by atoms with Gasteiger partial charge in [-0.05, 0) is 42.5 Å². The summed E-state index contributed by atoms with van der Waals surface area (Å²) in [4.78, 5) is 13.1. The fourth-order valence-corrected chi connectivity index (χ4v) is 3.42. The molecule has 1 aromatic carbocycles. The Morgan fingerprint density at radius 2 is 2.19 bits per heavy atom. The molecular formula is C17H22BrNO2. The van der Waals surface area contributed by atoms with Crippen LogP contribution in [0.5, 0.6) is 0 Å². The molecule has 1 fully saturated rings. The monoisotopic (exact) mass is 351 g/mol. The maximum atomic E-state index is 10.8. The van der Waals surface area contributed by atoms with Gasteiger partial charge in [0.2, 0.25) is 0 Å². The second-order valence-corrected chi connectivity index (χ2v) is 6.83. The fraction of sp³-hybridized carbons (Fsp3) is 0.471. The van der Waals surface area contributed by atoms with Crippen LogP contribution in [0.4, 0.5) is 5.69 Å². The van der Waals surface area contributed by atoms with Crippen LogP contribution in [0.1, 0.15) is 38.2 Å². The SMILES string of the molecule is CC1CCCC(N(C)c2cc(Br)ccc2C=CC(=O)O)C1. The third-order valence-electron chi connectivity index (χ3n) is 4.23. The minimum atomic E-state index is -0.919. The zero-order valence-corrected chi connectivity index (χ0v) is 14.1. The van der Waals surface area contributed by atoms with Crippen molar-refractivity contribution in [2.75, 3.05) is 11.9 Å². The third-order valence-corrected chi connectivity index (χ3v) is 4.73. The Labute approximate surface area is 134 Å². The second kappa shape index (κ2) is 7.12. The molecule has 21 heavy (non-hydrogen) atoms. The largest absolute Gasteiger partial charge is 0.478 e. The lowest BCUT2D eigenvalue weighted by Crippen LogP contribution is -2.35. The normalized spacial score (nSPS) is 22.4. The van der Waals surface area contributed by atoms with E-state index in [2.05, 4.69) is 40.9 Å². The van der Waals surface area contributed by atoms with Gasteiger partial charge in [-0.25, -0.2) is 4.79 Å². The van der Waals surface area contributed by atoms with Crippen molar-refractivity contribution in [1.29, 1.82) is 0 Å². The van der Waals surface area contributed by atoms with E-state index >= 15 is 0 Å². The number of hydrogen-bond donors (Lipinski definition) is 1. The van der Waals surface area contributed by atoms with Crippen LogP contribution in [0.2, 0.25) is 0 Å². The molecule has 1 aliphatic rings. The van der Waals surface area contributed by atoms with Crippen molar-refractivity contribution in [2.45, 2.75) is 38.6 Å². The Balaban J connectivity index is 2.27. The van der Waals surface area contributed by atoms with Crippen LogP contribution in [0.15, 0.2) is 28.7 Å². The number of anilines is 1. The Morgan fingerprint density at radius 3 is 2.86 bits per heavy atom. The number of halogens is 1. The molecule has 1 aromatic rings. The van der Waals surface area contributed by atoms with Crippen LogP contribution in [0.25, 0.3) is 6.08 Å². The van der Waals surface area contributed by atoms with Gasteiger partial charge in [-0.1, -0.05) is 41.8 Å². The lowest BCUT2D eigenvalue weighted by molar-refractivity contribution is -0.131. The Morgan fingerprint density at radius 1 is 1.43 bits per heavy atom. The van der Waals surface area contributed by atoms with Crippen molar-refractivity contribution in [3.05, 3.63) is 34.3 Å². The summed E-state index contributed by atoms with van der Waals surface area (Å²) in [6.07, 6.45) is 7.86. The number of hydrogen-bond acceptors (Lipinski definition) is 2. The van der Waals surface area contributed by atoms with E-state index in [1.807, 2.05) is 12.1 Å². The smallest absolute Gasteiger partial charge is 0.328 e. The third kappa shape index (κ3) is 4.34. The van der Waals surface area contributed by atoms with E-state index in [4.69, 9.17) is 5.11 Å². The Hall–Kier alpha value is -1.29. The average Bonchev–Trinajstić information content (AvgIpc) is 2.45. The Bertz CT molecular complexity index is 542. The molecule has 0 aromatic heterocycles. The summed E-state index contributed by atoms with van der Waals surface area (Å²) >= 11 is 3.51. The quantitative estimate of drug-likeness (QED) is 0.808. The first-order valence-electron chi connectivity index (χ1n) is 7.40. The molecule has 0 spiro atoms. The summed E-state index contributed by atoms with van der Waals surface area (Å²) < 4.78 is 1.01. The molecule has 3 nitrogen and oxygen atoms in total. The molecule has 2 unspecified atom stereocenters. The van der Waals surface area contributed by atoms with Crippen molar-refractivity contribution >= 4 is 33.7 Å². The molecule has 4 heteroatoms. The first-order valence-corrected chi connectivity index (χ1v) is 8.20. The highest BCUT2D eigenvalue weighted by Gasteiger charge is 2.23. The van der Waals surface area contributed by atoms with Crippen LogP contribution in [0.3, 0.4) is 0 Å². The number of aliphatic carboxylic acids is 1. The predicted octanol–water partition coefficient (Wildman–Crippen LogP) is 4.56. The summed E-state index contributed by atoms with van der Waals surface area (Å²) in [6, 6.07) is 6.50.